The summed E-state index contributed by atoms with van der Waals surface area (Å²) in [5.74, 6) is 0.137. The van der Waals surface area contributed by atoms with Crippen LogP contribution >= 0.6 is 0 Å². The number of amides is 1. The minimum atomic E-state index is 0.0992. The molecule has 0 aliphatic carbocycles. The Hall–Kier alpha value is -2.23. The summed E-state index contributed by atoms with van der Waals surface area (Å²) in [5.41, 5.74) is 4.37. The molecule has 0 spiro atoms. The molecule has 4 rings (SSSR count). The lowest BCUT2D eigenvalue weighted by molar-refractivity contribution is 0.0643. The predicted octanol–water partition coefficient (Wildman–Crippen LogP) is 3.68. The van der Waals surface area contributed by atoms with Crippen LogP contribution in [0.4, 0.5) is 0 Å². The quantitative estimate of drug-likeness (QED) is 0.805. The molecule has 2 bridgehead atoms. The van der Waals surface area contributed by atoms with Crippen LogP contribution in [0.1, 0.15) is 66.8 Å². The first-order chi connectivity index (χ1) is 11.4. The van der Waals surface area contributed by atoms with Crippen molar-refractivity contribution in [3.8, 4) is 0 Å². The smallest absolute Gasteiger partial charge is 0.254 e. The lowest BCUT2D eigenvalue weighted by atomic mass is 9.86. The van der Waals surface area contributed by atoms with Crippen LogP contribution in [0.25, 0.3) is 0 Å². The molecule has 24 heavy (non-hydrogen) atoms. The number of fused-ring (bicyclic) bond motifs is 4. The first-order valence-electron chi connectivity index (χ1n) is 8.67. The molecule has 0 saturated carbocycles. The highest BCUT2D eigenvalue weighted by molar-refractivity contribution is 5.95. The molecule has 1 aromatic carbocycles. The van der Waals surface area contributed by atoms with Gasteiger partial charge in [0, 0.05) is 29.8 Å². The van der Waals surface area contributed by atoms with Gasteiger partial charge in [0.15, 0.2) is 0 Å². The maximum absolute atomic E-state index is 13.1. The van der Waals surface area contributed by atoms with Crippen LogP contribution in [0.2, 0.25) is 0 Å². The van der Waals surface area contributed by atoms with Gasteiger partial charge in [0.25, 0.3) is 5.91 Å². The van der Waals surface area contributed by atoms with E-state index in [4.69, 9.17) is 0 Å². The van der Waals surface area contributed by atoms with Gasteiger partial charge in [0.1, 0.15) is 6.33 Å². The SMILES string of the molecule is CC(C)(C)c1ccc(C(=O)N2C3CCC2c2cncnc2C3)cc1. The van der Waals surface area contributed by atoms with Gasteiger partial charge in [0.2, 0.25) is 0 Å². The molecule has 1 fully saturated rings. The number of rotatable bonds is 1. The number of hydrogen-bond acceptors (Lipinski definition) is 3. The fraction of sp³-hybridized carbons (Fsp3) is 0.450. The summed E-state index contributed by atoms with van der Waals surface area (Å²) in [6.45, 7) is 6.56. The first kappa shape index (κ1) is 15.3. The molecule has 2 aromatic rings. The van der Waals surface area contributed by atoms with E-state index in [2.05, 4.69) is 47.8 Å². The minimum absolute atomic E-state index is 0.0992. The average molecular weight is 321 g/mol. The van der Waals surface area contributed by atoms with E-state index in [0.717, 1.165) is 36.1 Å². The van der Waals surface area contributed by atoms with Crippen molar-refractivity contribution in [2.45, 2.75) is 57.5 Å². The van der Waals surface area contributed by atoms with Crippen molar-refractivity contribution in [1.82, 2.24) is 14.9 Å². The number of carbonyl (C=O) groups excluding carboxylic acids is 1. The van der Waals surface area contributed by atoms with Crippen LogP contribution in [0.5, 0.6) is 0 Å². The van der Waals surface area contributed by atoms with E-state index < -0.39 is 0 Å². The third-order valence-electron chi connectivity index (χ3n) is 5.35. The second-order valence-electron chi connectivity index (χ2n) is 7.92. The Labute approximate surface area is 142 Å². The van der Waals surface area contributed by atoms with E-state index in [9.17, 15) is 4.79 Å². The maximum Gasteiger partial charge on any atom is 0.254 e. The molecule has 124 valence electrons. The third-order valence-corrected chi connectivity index (χ3v) is 5.35. The zero-order valence-corrected chi connectivity index (χ0v) is 14.5. The standard InChI is InChI=1S/C20H23N3O/c1-20(2,3)14-6-4-13(5-7-14)19(24)23-15-8-9-18(23)16-11-21-12-22-17(16)10-15/h4-7,11-12,15,18H,8-10H2,1-3H3. The van der Waals surface area contributed by atoms with Crippen molar-refractivity contribution in [2.75, 3.05) is 0 Å². The lowest BCUT2D eigenvalue weighted by Gasteiger charge is -2.35. The predicted molar refractivity (Wildman–Crippen MR) is 92.8 cm³/mol. The molecule has 1 aromatic heterocycles. The zero-order valence-electron chi connectivity index (χ0n) is 14.5. The van der Waals surface area contributed by atoms with E-state index in [-0.39, 0.29) is 23.4 Å². The van der Waals surface area contributed by atoms with E-state index in [1.165, 1.54) is 5.56 Å². The molecule has 3 heterocycles. The molecular formula is C20H23N3O. The van der Waals surface area contributed by atoms with Crippen LogP contribution in [0, 0.1) is 0 Å². The topological polar surface area (TPSA) is 46.1 Å². The monoisotopic (exact) mass is 321 g/mol. The van der Waals surface area contributed by atoms with E-state index in [0.29, 0.717) is 0 Å². The summed E-state index contributed by atoms with van der Waals surface area (Å²) < 4.78 is 0. The van der Waals surface area contributed by atoms with Gasteiger partial charge in [-0.1, -0.05) is 32.9 Å². The Balaban J connectivity index is 1.64. The van der Waals surface area contributed by atoms with Crippen molar-refractivity contribution in [1.29, 1.82) is 0 Å². The summed E-state index contributed by atoms with van der Waals surface area (Å²) in [7, 11) is 0. The zero-order chi connectivity index (χ0) is 16.9. The van der Waals surface area contributed by atoms with Crippen molar-refractivity contribution in [2.24, 2.45) is 0 Å². The number of hydrogen-bond donors (Lipinski definition) is 0. The number of benzene rings is 1. The summed E-state index contributed by atoms with van der Waals surface area (Å²) in [6.07, 6.45) is 6.41. The molecule has 2 unspecified atom stereocenters. The van der Waals surface area contributed by atoms with Crippen molar-refractivity contribution < 1.29 is 4.79 Å². The summed E-state index contributed by atoms with van der Waals surface area (Å²) in [5, 5.41) is 0. The number of nitrogens with zero attached hydrogens (tertiary/aromatic N) is 3. The Kier molecular flexibility index (Phi) is 3.44. The van der Waals surface area contributed by atoms with Crippen LogP contribution in [0.3, 0.4) is 0 Å². The average Bonchev–Trinajstić information content (AvgIpc) is 2.88. The normalized spacial score (nSPS) is 22.4. The molecule has 4 nitrogen and oxygen atoms in total. The first-order valence-corrected chi connectivity index (χ1v) is 8.67. The van der Waals surface area contributed by atoms with Gasteiger partial charge in [0.05, 0.1) is 11.7 Å². The molecular weight excluding hydrogens is 298 g/mol. The molecule has 1 saturated heterocycles. The van der Waals surface area contributed by atoms with Gasteiger partial charge in [-0.3, -0.25) is 4.79 Å². The summed E-state index contributed by atoms with van der Waals surface area (Å²) in [4.78, 5) is 23.8. The van der Waals surface area contributed by atoms with Crippen LogP contribution in [-0.2, 0) is 11.8 Å². The molecule has 1 amide bonds. The third kappa shape index (κ3) is 2.41. The Bertz CT molecular complexity index is 776. The van der Waals surface area contributed by atoms with Crippen LogP contribution < -0.4 is 0 Å². The Morgan fingerprint density at radius 2 is 1.92 bits per heavy atom. The van der Waals surface area contributed by atoms with Crippen molar-refractivity contribution in [3.05, 3.63) is 59.2 Å². The highest BCUT2D eigenvalue weighted by Gasteiger charge is 2.43. The van der Waals surface area contributed by atoms with Gasteiger partial charge < -0.3 is 4.90 Å². The lowest BCUT2D eigenvalue weighted by Crippen LogP contribution is -2.42. The second-order valence-corrected chi connectivity index (χ2v) is 7.92. The minimum Gasteiger partial charge on any atom is -0.328 e. The highest BCUT2D eigenvalue weighted by Crippen LogP contribution is 2.43. The maximum atomic E-state index is 13.1. The Morgan fingerprint density at radius 1 is 1.17 bits per heavy atom. The van der Waals surface area contributed by atoms with Crippen molar-refractivity contribution >= 4 is 5.91 Å². The summed E-state index contributed by atoms with van der Waals surface area (Å²) in [6, 6.07) is 8.51. The van der Waals surface area contributed by atoms with Crippen LogP contribution in [-0.4, -0.2) is 26.8 Å². The Morgan fingerprint density at radius 3 is 2.62 bits per heavy atom. The molecule has 2 atom stereocenters. The molecule has 4 heteroatoms. The van der Waals surface area contributed by atoms with Gasteiger partial charge in [-0.2, -0.15) is 0 Å². The van der Waals surface area contributed by atoms with Crippen LogP contribution in [0.15, 0.2) is 36.8 Å². The van der Waals surface area contributed by atoms with Gasteiger partial charge >= 0.3 is 0 Å². The second kappa shape index (κ2) is 5.40. The largest absolute Gasteiger partial charge is 0.328 e. The van der Waals surface area contributed by atoms with E-state index in [1.54, 1.807) is 6.33 Å². The van der Waals surface area contributed by atoms with E-state index >= 15 is 0 Å². The highest BCUT2D eigenvalue weighted by atomic mass is 16.2. The molecule has 0 radical (unpaired) electrons. The van der Waals surface area contributed by atoms with E-state index in [1.807, 2.05) is 18.3 Å². The molecule has 0 N–H and O–H groups in total. The number of carbonyl (C=O) groups is 1. The van der Waals surface area contributed by atoms with Gasteiger partial charge in [-0.25, -0.2) is 9.97 Å². The fourth-order valence-corrected chi connectivity index (χ4v) is 4.00. The molecule has 2 aliphatic rings. The fourth-order valence-electron chi connectivity index (χ4n) is 4.00. The number of aromatic nitrogens is 2. The summed E-state index contributed by atoms with van der Waals surface area (Å²) >= 11 is 0. The van der Waals surface area contributed by atoms with Gasteiger partial charge in [-0.05, 0) is 36.0 Å². The van der Waals surface area contributed by atoms with Crippen molar-refractivity contribution in [3.63, 3.8) is 0 Å². The molecule has 2 aliphatic heterocycles. The van der Waals surface area contributed by atoms with Gasteiger partial charge in [-0.15, -0.1) is 0 Å².